The Hall–Kier alpha value is -2.75. The fourth-order valence-corrected chi connectivity index (χ4v) is 3.00. The number of hydrogen-bond donors (Lipinski definition) is 2. The summed E-state index contributed by atoms with van der Waals surface area (Å²) >= 11 is 0. The summed E-state index contributed by atoms with van der Waals surface area (Å²) in [6.45, 7) is 1.29. The molecule has 0 atom stereocenters. The van der Waals surface area contributed by atoms with Gasteiger partial charge >= 0.3 is 6.36 Å². The van der Waals surface area contributed by atoms with Crippen molar-refractivity contribution < 1.29 is 31.1 Å². The Morgan fingerprint density at radius 2 is 1.68 bits per heavy atom. The van der Waals surface area contributed by atoms with Crippen LogP contribution in [0, 0.1) is 0 Å². The second kappa shape index (κ2) is 7.01. The first-order valence-corrected chi connectivity index (χ1v) is 8.30. The molecule has 134 valence electrons. The molecule has 0 heterocycles. The average molecular weight is 374 g/mol. The van der Waals surface area contributed by atoms with Gasteiger partial charge in [-0.1, -0.05) is 12.1 Å². The maximum atomic E-state index is 12.3. The Labute approximate surface area is 141 Å². The Kier molecular flexibility index (Phi) is 5.21. The van der Waals surface area contributed by atoms with Crippen molar-refractivity contribution in [2.75, 3.05) is 10.0 Å². The fraction of sp³-hybridized carbons (Fsp3) is 0.133. The lowest BCUT2D eigenvalue weighted by Gasteiger charge is -2.12. The van der Waals surface area contributed by atoms with Crippen molar-refractivity contribution in [1.29, 1.82) is 0 Å². The maximum absolute atomic E-state index is 12.3. The molecule has 0 spiro atoms. The number of halogens is 3. The van der Waals surface area contributed by atoms with Crippen LogP contribution in [-0.4, -0.2) is 20.7 Å². The highest BCUT2D eigenvalue weighted by Crippen LogP contribution is 2.26. The van der Waals surface area contributed by atoms with Gasteiger partial charge in [0.05, 0.1) is 10.6 Å². The van der Waals surface area contributed by atoms with E-state index in [2.05, 4.69) is 14.8 Å². The second-order valence-electron chi connectivity index (χ2n) is 4.89. The van der Waals surface area contributed by atoms with Crippen molar-refractivity contribution in [3.8, 4) is 5.75 Å². The molecule has 0 unspecified atom stereocenters. The zero-order chi connectivity index (χ0) is 18.7. The number of hydrogen-bond acceptors (Lipinski definition) is 4. The lowest BCUT2D eigenvalue weighted by atomic mass is 10.3. The van der Waals surface area contributed by atoms with Crippen LogP contribution in [-0.2, 0) is 14.8 Å². The van der Waals surface area contributed by atoms with E-state index in [1.165, 1.54) is 25.1 Å². The molecule has 2 aromatic rings. The first-order chi connectivity index (χ1) is 11.5. The molecule has 0 saturated heterocycles. The third-order valence-corrected chi connectivity index (χ3v) is 4.16. The van der Waals surface area contributed by atoms with Crippen molar-refractivity contribution in [2.45, 2.75) is 18.2 Å². The molecule has 2 N–H and O–H groups in total. The molecule has 0 radical (unpaired) electrons. The van der Waals surface area contributed by atoms with E-state index in [4.69, 9.17) is 0 Å². The van der Waals surface area contributed by atoms with Crippen LogP contribution in [0.15, 0.2) is 53.4 Å². The van der Waals surface area contributed by atoms with Gasteiger partial charge in [-0.3, -0.25) is 9.52 Å². The lowest BCUT2D eigenvalue weighted by molar-refractivity contribution is -0.274. The van der Waals surface area contributed by atoms with E-state index in [1.807, 2.05) is 0 Å². The molecule has 10 heteroatoms. The molecular formula is C15H13F3N2O4S. The van der Waals surface area contributed by atoms with Crippen molar-refractivity contribution >= 4 is 27.3 Å². The summed E-state index contributed by atoms with van der Waals surface area (Å²) < 4.78 is 67.3. The number of rotatable bonds is 5. The molecule has 1 amide bonds. The topological polar surface area (TPSA) is 84.5 Å². The van der Waals surface area contributed by atoms with Gasteiger partial charge in [-0.2, -0.15) is 0 Å². The zero-order valence-corrected chi connectivity index (χ0v) is 13.6. The van der Waals surface area contributed by atoms with Gasteiger partial charge in [0.2, 0.25) is 5.91 Å². The van der Waals surface area contributed by atoms with Crippen molar-refractivity contribution in [3.05, 3.63) is 48.5 Å². The highest BCUT2D eigenvalue weighted by Gasteiger charge is 2.31. The number of ether oxygens (including phenoxy) is 1. The van der Waals surface area contributed by atoms with E-state index in [1.54, 1.807) is 6.07 Å². The monoisotopic (exact) mass is 374 g/mol. The van der Waals surface area contributed by atoms with Gasteiger partial charge in [0.1, 0.15) is 5.75 Å². The van der Waals surface area contributed by atoms with Gasteiger partial charge in [-0.05, 0) is 30.3 Å². The average Bonchev–Trinajstić information content (AvgIpc) is 2.45. The molecule has 0 aliphatic heterocycles. The van der Waals surface area contributed by atoms with E-state index in [0.717, 1.165) is 24.3 Å². The van der Waals surface area contributed by atoms with Crippen LogP contribution in [0.3, 0.4) is 0 Å². The van der Waals surface area contributed by atoms with Crippen molar-refractivity contribution in [2.24, 2.45) is 0 Å². The zero-order valence-electron chi connectivity index (χ0n) is 12.8. The summed E-state index contributed by atoms with van der Waals surface area (Å²) in [7, 11) is -4.15. The highest BCUT2D eigenvalue weighted by molar-refractivity contribution is 7.92. The van der Waals surface area contributed by atoms with Gasteiger partial charge in [-0.15, -0.1) is 13.2 Å². The van der Waals surface area contributed by atoms with Gasteiger partial charge in [-0.25, -0.2) is 8.42 Å². The van der Waals surface area contributed by atoms with E-state index in [-0.39, 0.29) is 11.6 Å². The third kappa shape index (κ3) is 5.68. The van der Waals surface area contributed by atoms with Gasteiger partial charge in [0, 0.05) is 18.7 Å². The molecule has 0 aliphatic carbocycles. The maximum Gasteiger partial charge on any atom is 0.573 e. The van der Waals surface area contributed by atoms with Crippen LogP contribution < -0.4 is 14.8 Å². The summed E-state index contributed by atoms with van der Waals surface area (Å²) in [5.74, 6) is -0.987. The first-order valence-electron chi connectivity index (χ1n) is 6.81. The predicted molar refractivity (Wildman–Crippen MR) is 84.7 cm³/mol. The van der Waals surface area contributed by atoms with Crippen molar-refractivity contribution in [1.82, 2.24) is 0 Å². The number of sulfonamides is 1. The normalized spacial score (nSPS) is 11.7. The summed E-state index contributed by atoms with van der Waals surface area (Å²) in [6, 6.07) is 9.86. The molecule has 0 aromatic heterocycles. The molecule has 2 rings (SSSR count). The number of alkyl halides is 3. The molecular weight excluding hydrogens is 361 g/mol. The van der Waals surface area contributed by atoms with Crippen LogP contribution in [0.5, 0.6) is 5.75 Å². The number of amides is 1. The summed E-state index contributed by atoms with van der Waals surface area (Å²) in [5, 5.41) is 2.49. The Bertz CT molecular complexity index is 882. The lowest BCUT2D eigenvalue weighted by Crippen LogP contribution is -2.18. The molecule has 0 aliphatic rings. The van der Waals surface area contributed by atoms with E-state index >= 15 is 0 Å². The van der Waals surface area contributed by atoms with Crippen LogP contribution in [0.1, 0.15) is 6.92 Å². The molecule has 25 heavy (non-hydrogen) atoms. The predicted octanol–water partition coefficient (Wildman–Crippen LogP) is 3.34. The first kappa shape index (κ1) is 18.6. The third-order valence-electron chi connectivity index (χ3n) is 2.78. The molecule has 0 fully saturated rings. The minimum atomic E-state index is -4.93. The fourth-order valence-electron chi connectivity index (χ4n) is 1.92. The van der Waals surface area contributed by atoms with Crippen LogP contribution in [0.4, 0.5) is 24.5 Å². The summed E-state index contributed by atoms with van der Waals surface area (Å²) in [6.07, 6.45) is -4.93. The number of nitrogens with one attached hydrogen (secondary N) is 2. The Balaban J connectivity index is 2.25. The smallest absolute Gasteiger partial charge is 0.406 e. The standard InChI is InChI=1S/C15H13F3N2O4S/c1-10(21)19-11-4-2-5-12(8-11)20-25(22,23)14-7-3-6-13(9-14)24-15(16,17)18/h2-9,20H,1H3,(H,19,21). The second-order valence-corrected chi connectivity index (χ2v) is 6.57. The summed E-state index contributed by atoms with van der Waals surface area (Å²) in [4.78, 5) is 10.6. The molecule has 6 nitrogen and oxygen atoms in total. The Morgan fingerprint density at radius 1 is 1.04 bits per heavy atom. The van der Waals surface area contributed by atoms with Gasteiger partial charge < -0.3 is 10.1 Å². The summed E-state index contributed by atoms with van der Waals surface area (Å²) in [5.41, 5.74) is 0.496. The van der Waals surface area contributed by atoms with Crippen LogP contribution in [0.25, 0.3) is 0 Å². The van der Waals surface area contributed by atoms with Gasteiger partial charge in [0.15, 0.2) is 0 Å². The Morgan fingerprint density at radius 3 is 2.32 bits per heavy atom. The highest BCUT2D eigenvalue weighted by atomic mass is 32.2. The van der Waals surface area contributed by atoms with Crippen molar-refractivity contribution in [3.63, 3.8) is 0 Å². The largest absolute Gasteiger partial charge is 0.573 e. The minimum Gasteiger partial charge on any atom is -0.406 e. The van der Waals surface area contributed by atoms with E-state index < -0.39 is 27.0 Å². The van der Waals surface area contributed by atoms with E-state index in [9.17, 15) is 26.4 Å². The number of benzene rings is 2. The molecule has 2 aromatic carbocycles. The molecule has 0 saturated carbocycles. The molecule has 0 bridgehead atoms. The van der Waals surface area contributed by atoms with E-state index in [0.29, 0.717) is 5.69 Å². The minimum absolute atomic E-state index is 0.133. The van der Waals surface area contributed by atoms with Crippen LogP contribution >= 0.6 is 0 Å². The van der Waals surface area contributed by atoms with Crippen LogP contribution in [0.2, 0.25) is 0 Å². The quantitative estimate of drug-likeness (QED) is 0.841. The SMILES string of the molecule is CC(=O)Nc1cccc(NS(=O)(=O)c2cccc(OC(F)(F)F)c2)c1. The number of carbonyl (C=O) groups is 1. The van der Waals surface area contributed by atoms with Gasteiger partial charge in [0.25, 0.3) is 10.0 Å². The number of anilines is 2. The number of carbonyl (C=O) groups excluding carboxylic acids is 1.